The van der Waals surface area contributed by atoms with Crippen molar-refractivity contribution < 1.29 is 5.11 Å². The number of thiocarbonyl (C=S) groups is 1. The van der Waals surface area contributed by atoms with Crippen molar-refractivity contribution in [2.75, 3.05) is 13.1 Å². The predicted molar refractivity (Wildman–Crippen MR) is 75.9 cm³/mol. The minimum Gasteiger partial charge on any atom is -0.506 e. The summed E-state index contributed by atoms with van der Waals surface area (Å²) in [5.41, 5.74) is 1.40. The molecule has 0 unspecified atom stereocenters. The Bertz CT molecular complexity index is 606. The molecule has 0 aliphatic carbocycles. The molecule has 3 nitrogen and oxygen atoms in total. The van der Waals surface area contributed by atoms with Crippen molar-refractivity contribution in [1.29, 1.82) is 0 Å². The largest absolute Gasteiger partial charge is 0.506 e. The van der Waals surface area contributed by atoms with Crippen molar-refractivity contribution in [3.8, 4) is 5.75 Å². The molecule has 1 aromatic carbocycles. The van der Waals surface area contributed by atoms with Gasteiger partial charge in [-0.05, 0) is 25.0 Å². The van der Waals surface area contributed by atoms with Crippen LogP contribution in [0.3, 0.4) is 0 Å². The molecule has 0 amide bonds. The number of phenolic OH excluding ortho intramolecular Hbond substituents is 1. The molecule has 4 heteroatoms. The van der Waals surface area contributed by atoms with Gasteiger partial charge in [0.1, 0.15) is 16.3 Å². The molecule has 92 valence electrons. The van der Waals surface area contributed by atoms with Crippen molar-refractivity contribution in [1.82, 2.24) is 9.88 Å². The number of aromatic hydroxyl groups is 1. The van der Waals surface area contributed by atoms with Crippen LogP contribution in [0.1, 0.15) is 18.5 Å². The number of hydrogen-bond donors (Lipinski definition) is 1. The molecular weight excluding hydrogens is 244 g/mol. The number of nitrogens with zero attached hydrogens (tertiary/aromatic N) is 2. The maximum Gasteiger partial charge on any atom is 0.141 e. The Labute approximate surface area is 111 Å². The van der Waals surface area contributed by atoms with Gasteiger partial charge in [0, 0.05) is 18.5 Å². The van der Waals surface area contributed by atoms with Gasteiger partial charge in [-0.3, -0.25) is 0 Å². The fourth-order valence-corrected chi connectivity index (χ4v) is 2.63. The van der Waals surface area contributed by atoms with E-state index in [4.69, 9.17) is 12.2 Å². The number of aromatic nitrogens is 1. The van der Waals surface area contributed by atoms with E-state index in [0.29, 0.717) is 5.52 Å². The third-order valence-corrected chi connectivity index (χ3v) is 3.78. The number of benzene rings is 1. The van der Waals surface area contributed by atoms with Gasteiger partial charge in [0.2, 0.25) is 0 Å². The third kappa shape index (κ3) is 1.93. The number of phenols is 1. The summed E-state index contributed by atoms with van der Waals surface area (Å²) in [6.07, 6.45) is 2.39. The Balaban J connectivity index is 2.02. The van der Waals surface area contributed by atoms with Gasteiger partial charge in [0.15, 0.2) is 0 Å². The summed E-state index contributed by atoms with van der Waals surface area (Å²) in [6.45, 7) is 2.03. The lowest BCUT2D eigenvalue weighted by Gasteiger charge is -2.18. The Kier molecular flexibility index (Phi) is 2.88. The molecule has 2 aromatic rings. The highest BCUT2D eigenvalue weighted by Crippen LogP contribution is 2.23. The van der Waals surface area contributed by atoms with Crippen LogP contribution in [0.4, 0.5) is 0 Å². The average molecular weight is 258 g/mol. The van der Waals surface area contributed by atoms with Gasteiger partial charge < -0.3 is 10.0 Å². The first-order valence-electron chi connectivity index (χ1n) is 6.14. The summed E-state index contributed by atoms with van der Waals surface area (Å²) >= 11 is 5.47. The van der Waals surface area contributed by atoms with E-state index in [-0.39, 0.29) is 5.75 Å². The molecule has 1 aromatic heterocycles. The highest BCUT2D eigenvalue weighted by atomic mass is 32.1. The molecule has 1 N–H and O–H groups in total. The lowest BCUT2D eigenvalue weighted by Crippen LogP contribution is -2.27. The van der Waals surface area contributed by atoms with E-state index < -0.39 is 0 Å². The molecule has 0 spiro atoms. The fraction of sp³-hybridized carbons (Fsp3) is 0.286. The van der Waals surface area contributed by atoms with E-state index in [1.165, 1.54) is 12.8 Å². The smallest absolute Gasteiger partial charge is 0.141 e. The van der Waals surface area contributed by atoms with Gasteiger partial charge in [-0.2, -0.15) is 0 Å². The van der Waals surface area contributed by atoms with E-state index in [0.717, 1.165) is 29.2 Å². The summed E-state index contributed by atoms with van der Waals surface area (Å²) in [5, 5.41) is 10.8. The molecule has 2 heterocycles. The lowest BCUT2D eigenvalue weighted by atomic mass is 10.2. The Morgan fingerprint density at radius 2 is 1.94 bits per heavy atom. The molecule has 0 bridgehead atoms. The first-order valence-corrected chi connectivity index (χ1v) is 6.54. The van der Waals surface area contributed by atoms with E-state index >= 15 is 0 Å². The summed E-state index contributed by atoms with van der Waals surface area (Å²) in [4.78, 5) is 7.46. The normalized spacial score (nSPS) is 15.2. The summed E-state index contributed by atoms with van der Waals surface area (Å²) in [6, 6.07) is 9.29. The molecule has 0 radical (unpaired) electrons. The SMILES string of the molecule is Oc1cccc2ccc(C(=S)N3CCCC3)nc12. The van der Waals surface area contributed by atoms with Crippen LogP contribution in [0.25, 0.3) is 10.9 Å². The Hall–Kier alpha value is -1.68. The topological polar surface area (TPSA) is 36.4 Å². The molecule has 3 rings (SSSR count). The van der Waals surface area contributed by atoms with Crippen LogP contribution < -0.4 is 0 Å². The monoisotopic (exact) mass is 258 g/mol. The van der Waals surface area contributed by atoms with Gasteiger partial charge in [0.25, 0.3) is 0 Å². The zero-order chi connectivity index (χ0) is 12.5. The van der Waals surface area contributed by atoms with Crippen LogP contribution in [0.2, 0.25) is 0 Å². The maximum absolute atomic E-state index is 9.82. The third-order valence-electron chi connectivity index (χ3n) is 3.31. The van der Waals surface area contributed by atoms with E-state index in [1.807, 2.05) is 24.3 Å². The number of fused-ring (bicyclic) bond motifs is 1. The minimum atomic E-state index is 0.207. The van der Waals surface area contributed by atoms with Gasteiger partial charge in [-0.25, -0.2) is 4.98 Å². The number of para-hydroxylation sites is 1. The standard InChI is InChI=1S/C14H14N2OS/c17-12-5-3-4-10-6-7-11(15-13(10)12)14(18)16-8-1-2-9-16/h3-7,17H,1-2,8-9H2. The second-order valence-electron chi connectivity index (χ2n) is 4.54. The number of likely N-dealkylation sites (tertiary alicyclic amines) is 1. The zero-order valence-electron chi connectivity index (χ0n) is 9.97. The molecule has 1 fully saturated rings. The highest BCUT2D eigenvalue weighted by molar-refractivity contribution is 7.80. The van der Waals surface area contributed by atoms with Gasteiger partial charge >= 0.3 is 0 Å². The van der Waals surface area contributed by atoms with Crippen molar-refractivity contribution in [3.05, 3.63) is 36.0 Å². The Morgan fingerprint density at radius 3 is 2.72 bits per heavy atom. The quantitative estimate of drug-likeness (QED) is 0.798. The second-order valence-corrected chi connectivity index (χ2v) is 4.93. The fourth-order valence-electron chi connectivity index (χ4n) is 2.33. The van der Waals surface area contributed by atoms with E-state index in [2.05, 4.69) is 9.88 Å². The van der Waals surface area contributed by atoms with Crippen molar-refractivity contribution in [3.63, 3.8) is 0 Å². The van der Waals surface area contributed by atoms with E-state index in [9.17, 15) is 5.11 Å². The van der Waals surface area contributed by atoms with Gasteiger partial charge in [0.05, 0.1) is 5.69 Å². The molecular formula is C14H14N2OS. The van der Waals surface area contributed by atoms with Crippen LogP contribution in [0.15, 0.2) is 30.3 Å². The summed E-state index contributed by atoms with van der Waals surface area (Å²) in [7, 11) is 0. The minimum absolute atomic E-state index is 0.207. The van der Waals surface area contributed by atoms with Crippen molar-refractivity contribution in [2.24, 2.45) is 0 Å². The summed E-state index contributed by atoms with van der Waals surface area (Å²) in [5.74, 6) is 0.207. The van der Waals surface area contributed by atoms with Crippen molar-refractivity contribution in [2.45, 2.75) is 12.8 Å². The molecule has 1 saturated heterocycles. The first kappa shape index (κ1) is 11.4. The summed E-state index contributed by atoms with van der Waals surface area (Å²) < 4.78 is 0. The Morgan fingerprint density at radius 1 is 1.17 bits per heavy atom. The number of rotatable bonds is 1. The molecule has 18 heavy (non-hydrogen) atoms. The molecule has 0 saturated carbocycles. The molecule has 1 aliphatic rings. The van der Waals surface area contributed by atoms with Crippen LogP contribution in [0.5, 0.6) is 5.75 Å². The highest BCUT2D eigenvalue weighted by Gasteiger charge is 2.17. The zero-order valence-corrected chi connectivity index (χ0v) is 10.8. The second kappa shape index (κ2) is 4.53. The lowest BCUT2D eigenvalue weighted by molar-refractivity contribution is 0.480. The van der Waals surface area contributed by atoms with Gasteiger partial charge in [-0.15, -0.1) is 0 Å². The molecule has 0 atom stereocenters. The predicted octanol–water partition coefficient (Wildman–Crippen LogP) is 2.71. The van der Waals surface area contributed by atoms with Crippen LogP contribution in [0, 0.1) is 0 Å². The molecule has 1 aliphatic heterocycles. The van der Waals surface area contributed by atoms with Crippen LogP contribution >= 0.6 is 12.2 Å². The average Bonchev–Trinajstić information content (AvgIpc) is 2.92. The van der Waals surface area contributed by atoms with Crippen LogP contribution in [-0.4, -0.2) is 33.1 Å². The number of hydrogen-bond acceptors (Lipinski definition) is 3. The van der Waals surface area contributed by atoms with Crippen molar-refractivity contribution >= 4 is 28.1 Å². The number of pyridine rings is 1. The van der Waals surface area contributed by atoms with Crippen LogP contribution in [-0.2, 0) is 0 Å². The maximum atomic E-state index is 9.82. The first-order chi connectivity index (χ1) is 8.75. The van der Waals surface area contributed by atoms with E-state index in [1.54, 1.807) is 6.07 Å². The van der Waals surface area contributed by atoms with Gasteiger partial charge in [-0.1, -0.05) is 30.4 Å².